The minimum Gasteiger partial charge on any atom is -0.387 e. The average molecular weight is 241 g/mol. The molecule has 0 saturated carbocycles. The Hall–Kier alpha value is -0.570. The second-order valence-electron chi connectivity index (χ2n) is 3.58. The smallest absolute Gasteiger partial charge is 0.108 e. The molecule has 0 fully saturated rings. The first kappa shape index (κ1) is 9.00. The molecular weight excluding hydrogens is 228 g/mol. The van der Waals surface area contributed by atoms with Crippen LogP contribution in [0.1, 0.15) is 32.1 Å². The lowest BCUT2D eigenvalue weighted by molar-refractivity contribution is 0.676. The molecule has 0 unspecified atom stereocenters. The molecule has 1 aliphatic heterocycles. The van der Waals surface area contributed by atoms with E-state index in [1.165, 1.54) is 36.8 Å². The second-order valence-corrected chi connectivity index (χ2v) is 4.40. The summed E-state index contributed by atoms with van der Waals surface area (Å²) < 4.78 is 0.872. The van der Waals surface area contributed by atoms with Crippen LogP contribution in [-0.2, 0) is 0 Å². The molecule has 2 aliphatic rings. The van der Waals surface area contributed by atoms with Gasteiger partial charge in [-0.2, -0.15) is 0 Å². The van der Waals surface area contributed by atoms with Crippen molar-refractivity contribution in [2.24, 2.45) is 10.7 Å². The molecule has 0 amide bonds. The summed E-state index contributed by atoms with van der Waals surface area (Å²) in [5, 5.41) is 0. The van der Waals surface area contributed by atoms with Crippen LogP contribution in [0.2, 0.25) is 0 Å². The van der Waals surface area contributed by atoms with Gasteiger partial charge in [-0.05, 0) is 53.3 Å². The third-order valence-electron chi connectivity index (χ3n) is 2.57. The van der Waals surface area contributed by atoms with E-state index in [0.717, 1.165) is 16.9 Å². The van der Waals surface area contributed by atoms with Gasteiger partial charge < -0.3 is 5.73 Å². The molecule has 2 rings (SSSR count). The first-order valence-electron chi connectivity index (χ1n) is 4.67. The van der Waals surface area contributed by atoms with Crippen molar-refractivity contribution in [1.29, 1.82) is 0 Å². The second kappa shape index (κ2) is 3.66. The molecule has 0 bridgehead atoms. The molecule has 0 radical (unpaired) electrons. The quantitative estimate of drug-likeness (QED) is 0.650. The van der Waals surface area contributed by atoms with E-state index in [-0.39, 0.29) is 0 Å². The molecule has 2 nitrogen and oxygen atoms in total. The molecule has 1 aliphatic carbocycles. The number of hydrogen-bond acceptors (Lipinski definition) is 2. The highest BCUT2D eigenvalue weighted by molar-refractivity contribution is 9.11. The average Bonchev–Trinajstić information content (AvgIpc) is 2.20. The summed E-state index contributed by atoms with van der Waals surface area (Å²) in [6.45, 7) is 0. The Morgan fingerprint density at radius 1 is 1.31 bits per heavy atom. The van der Waals surface area contributed by atoms with Gasteiger partial charge in [-0.25, -0.2) is 4.99 Å². The van der Waals surface area contributed by atoms with Crippen LogP contribution < -0.4 is 5.73 Å². The van der Waals surface area contributed by atoms with Crippen LogP contribution in [0.3, 0.4) is 0 Å². The third-order valence-corrected chi connectivity index (χ3v) is 2.97. The van der Waals surface area contributed by atoms with Crippen LogP contribution in [0.5, 0.6) is 0 Å². The number of nitrogens with two attached hydrogens (primary N) is 1. The molecule has 0 atom stereocenters. The zero-order valence-corrected chi connectivity index (χ0v) is 9.10. The standard InChI is InChI=1S/C10H13BrN2/c11-9-5-7-3-1-2-4-8(7)6-10(12)13-9/h5H,1-4,6H2,(H2,12,13). The van der Waals surface area contributed by atoms with Gasteiger partial charge in [0.15, 0.2) is 0 Å². The van der Waals surface area contributed by atoms with Gasteiger partial charge >= 0.3 is 0 Å². The Bertz CT molecular complexity index is 313. The van der Waals surface area contributed by atoms with Crippen molar-refractivity contribution in [3.8, 4) is 0 Å². The topological polar surface area (TPSA) is 38.4 Å². The van der Waals surface area contributed by atoms with E-state index >= 15 is 0 Å². The molecule has 0 saturated heterocycles. The number of nitrogens with zero attached hydrogens (tertiary/aromatic N) is 1. The van der Waals surface area contributed by atoms with Crippen molar-refractivity contribution in [2.75, 3.05) is 0 Å². The maximum absolute atomic E-state index is 5.78. The van der Waals surface area contributed by atoms with Crippen molar-refractivity contribution < 1.29 is 0 Å². The van der Waals surface area contributed by atoms with Crippen molar-refractivity contribution >= 4 is 21.8 Å². The van der Waals surface area contributed by atoms with Crippen LogP contribution in [-0.4, -0.2) is 5.84 Å². The molecule has 70 valence electrons. The fraction of sp³-hybridized carbons (Fsp3) is 0.500. The predicted octanol–water partition coefficient (Wildman–Crippen LogP) is 2.85. The van der Waals surface area contributed by atoms with Crippen molar-refractivity contribution in [3.63, 3.8) is 0 Å². The normalized spacial score (nSPS) is 23.2. The SMILES string of the molecule is NC1=NC(Br)=CC2=C(CCCC2)C1. The number of hydrogen-bond donors (Lipinski definition) is 1. The van der Waals surface area contributed by atoms with Gasteiger partial charge in [0.1, 0.15) is 10.4 Å². The van der Waals surface area contributed by atoms with E-state index in [9.17, 15) is 0 Å². The van der Waals surface area contributed by atoms with Gasteiger partial charge in [0.05, 0.1) is 0 Å². The summed E-state index contributed by atoms with van der Waals surface area (Å²) in [4.78, 5) is 4.23. The molecular formula is C10H13BrN2. The molecule has 13 heavy (non-hydrogen) atoms. The lowest BCUT2D eigenvalue weighted by atomic mass is 9.90. The molecule has 0 aromatic carbocycles. The zero-order chi connectivity index (χ0) is 9.26. The predicted molar refractivity (Wildman–Crippen MR) is 58.7 cm³/mol. The van der Waals surface area contributed by atoms with Crippen molar-refractivity contribution in [2.45, 2.75) is 32.1 Å². The number of amidine groups is 1. The van der Waals surface area contributed by atoms with Gasteiger partial charge in [-0.1, -0.05) is 5.57 Å². The van der Waals surface area contributed by atoms with E-state index in [0.29, 0.717) is 0 Å². The van der Waals surface area contributed by atoms with Gasteiger partial charge in [-0.3, -0.25) is 0 Å². The molecule has 0 spiro atoms. The molecule has 2 N–H and O–H groups in total. The first-order chi connectivity index (χ1) is 6.25. The highest BCUT2D eigenvalue weighted by atomic mass is 79.9. The van der Waals surface area contributed by atoms with Crippen LogP contribution in [0.25, 0.3) is 0 Å². The number of halogens is 1. The Morgan fingerprint density at radius 3 is 2.92 bits per heavy atom. The molecule has 1 heterocycles. The van der Waals surface area contributed by atoms with Crippen molar-refractivity contribution in [1.82, 2.24) is 0 Å². The highest BCUT2D eigenvalue weighted by Gasteiger charge is 2.15. The lowest BCUT2D eigenvalue weighted by Crippen LogP contribution is -2.13. The van der Waals surface area contributed by atoms with E-state index in [4.69, 9.17) is 5.73 Å². The summed E-state index contributed by atoms with van der Waals surface area (Å²) >= 11 is 3.40. The lowest BCUT2D eigenvalue weighted by Gasteiger charge is -2.16. The van der Waals surface area contributed by atoms with Gasteiger partial charge in [-0.15, -0.1) is 0 Å². The molecule has 0 aromatic rings. The highest BCUT2D eigenvalue weighted by Crippen LogP contribution is 2.31. The summed E-state index contributed by atoms with van der Waals surface area (Å²) in [7, 11) is 0. The Morgan fingerprint density at radius 2 is 2.08 bits per heavy atom. The summed E-state index contributed by atoms with van der Waals surface area (Å²) in [6, 6.07) is 0. The summed E-state index contributed by atoms with van der Waals surface area (Å²) in [6.07, 6.45) is 7.97. The molecule has 3 heteroatoms. The van der Waals surface area contributed by atoms with Gasteiger partial charge in [0.25, 0.3) is 0 Å². The Kier molecular flexibility index (Phi) is 2.54. The fourth-order valence-electron chi connectivity index (χ4n) is 1.94. The van der Waals surface area contributed by atoms with Gasteiger partial charge in [0, 0.05) is 6.42 Å². The maximum Gasteiger partial charge on any atom is 0.108 e. The maximum atomic E-state index is 5.78. The fourth-order valence-corrected chi connectivity index (χ4v) is 2.44. The van der Waals surface area contributed by atoms with Crippen LogP contribution >= 0.6 is 15.9 Å². The Balaban J connectivity index is 2.35. The summed E-state index contributed by atoms with van der Waals surface area (Å²) in [5.74, 6) is 0.732. The van der Waals surface area contributed by atoms with Gasteiger partial charge in [0.2, 0.25) is 0 Å². The third kappa shape index (κ3) is 2.02. The van der Waals surface area contributed by atoms with E-state index in [1.807, 2.05) is 0 Å². The first-order valence-corrected chi connectivity index (χ1v) is 5.46. The van der Waals surface area contributed by atoms with E-state index in [1.54, 1.807) is 0 Å². The van der Waals surface area contributed by atoms with Crippen LogP contribution in [0, 0.1) is 0 Å². The monoisotopic (exact) mass is 240 g/mol. The molecule has 0 aromatic heterocycles. The van der Waals surface area contributed by atoms with Crippen LogP contribution in [0.4, 0.5) is 0 Å². The minimum absolute atomic E-state index is 0.732. The zero-order valence-electron chi connectivity index (χ0n) is 7.52. The van der Waals surface area contributed by atoms with Crippen LogP contribution in [0.15, 0.2) is 26.8 Å². The minimum atomic E-state index is 0.732. The largest absolute Gasteiger partial charge is 0.387 e. The number of aliphatic imine (C=N–C) groups is 1. The number of rotatable bonds is 0. The van der Waals surface area contributed by atoms with E-state index in [2.05, 4.69) is 27.0 Å². The van der Waals surface area contributed by atoms with E-state index < -0.39 is 0 Å². The number of allylic oxidation sites excluding steroid dienone is 2. The Labute approximate surface area is 86.7 Å². The summed E-state index contributed by atoms with van der Waals surface area (Å²) in [5.41, 5.74) is 8.71. The van der Waals surface area contributed by atoms with Crippen molar-refractivity contribution in [3.05, 3.63) is 21.8 Å².